The molecule has 0 aliphatic carbocycles. The average molecular weight is 308 g/mol. The molecule has 0 saturated heterocycles. The van der Waals surface area contributed by atoms with Crippen LogP contribution in [0.5, 0.6) is 0 Å². The Hall–Kier alpha value is -1.35. The number of anilines is 1. The third kappa shape index (κ3) is 2.91. The Morgan fingerprint density at radius 1 is 1.11 bits per heavy atom. The molecule has 2 aromatic carbocycles. The van der Waals surface area contributed by atoms with Gasteiger partial charge in [0.25, 0.3) is 0 Å². The average Bonchev–Trinajstić information content (AvgIpc) is 2.40. The minimum atomic E-state index is -0.237. The molecule has 0 bridgehead atoms. The van der Waals surface area contributed by atoms with Gasteiger partial charge in [-0.25, -0.2) is 4.39 Å². The number of halogens is 2. The third-order valence-electron chi connectivity index (χ3n) is 2.89. The molecule has 1 nitrogen and oxygen atoms in total. The maximum absolute atomic E-state index is 13.8. The van der Waals surface area contributed by atoms with Crippen LogP contribution in [-0.4, -0.2) is 0 Å². The van der Waals surface area contributed by atoms with E-state index in [2.05, 4.69) is 40.3 Å². The summed E-state index contributed by atoms with van der Waals surface area (Å²) < 4.78 is 14.5. The van der Waals surface area contributed by atoms with Crippen LogP contribution in [0.3, 0.4) is 0 Å². The Morgan fingerprint density at radius 2 is 1.83 bits per heavy atom. The highest BCUT2D eigenvalue weighted by Gasteiger charge is 2.13. The van der Waals surface area contributed by atoms with Crippen LogP contribution in [0.15, 0.2) is 53.0 Å². The Labute approximate surface area is 115 Å². The Morgan fingerprint density at radius 3 is 2.44 bits per heavy atom. The summed E-state index contributed by atoms with van der Waals surface area (Å²) >= 11 is 3.37. The molecule has 0 aliphatic rings. The van der Waals surface area contributed by atoms with Crippen molar-refractivity contribution in [2.24, 2.45) is 0 Å². The lowest BCUT2D eigenvalue weighted by Crippen LogP contribution is -2.11. The second-order valence-corrected chi connectivity index (χ2v) is 4.97. The summed E-state index contributed by atoms with van der Waals surface area (Å²) in [6, 6.07) is 15.2. The van der Waals surface area contributed by atoms with E-state index in [0.29, 0.717) is 5.69 Å². The van der Waals surface area contributed by atoms with E-state index in [-0.39, 0.29) is 11.9 Å². The number of para-hydroxylation sites is 1. The zero-order chi connectivity index (χ0) is 13.0. The molecule has 3 heteroatoms. The van der Waals surface area contributed by atoms with Gasteiger partial charge in [-0.05, 0) is 40.0 Å². The monoisotopic (exact) mass is 307 g/mol. The highest BCUT2D eigenvalue weighted by molar-refractivity contribution is 9.10. The van der Waals surface area contributed by atoms with Gasteiger partial charge in [0.1, 0.15) is 5.82 Å². The molecular weight excluding hydrogens is 293 g/mol. The van der Waals surface area contributed by atoms with E-state index in [9.17, 15) is 4.39 Å². The summed E-state index contributed by atoms with van der Waals surface area (Å²) in [5, 5.41) is 3.26. The molecule has 0 aromatic heterocycles. The lowest BCUT2D eigenvalue weighted by atomic mass is 10.0. The third-order valence-corrected chi connectivity index (χ3v) is 3.55. The largest absolute Gasteiger partial charge is 0.375 e. The van der Waals surface area contributed by atoms with Gasteiger partial charge in [-0.2, -0.15) is 0 Å². The minimum Gasteiger partial charge on any atom is -0.375 e. The number of rotatable bonds is 4. The van der Waals surface area contributed by atoms with E-state index in [4.69, 9.17) is 0 Å². The first-order valence-corrected chi connectivity index (χ1v) is 6.77. The number of hydrogen-bond donors (Lipinski definition) is 1. The van der Waals surface area contributed by atoms with Crippen molar-refractivity contribution in [3.05, 3.63) is 64.4 Å². The van der Waals surface area contributed by atoms with Gasteiger partial charge in [0, 0.05) is 4.47 Å². The van der Waals surface area contributed by atoms with Gasteiger partial charge in [0.15, 0.2) is 0 Å². The van der Waals surface area contributed by atoms with Gasteiger partial charge < -0.3 is 5.32 Å². The van der Waals surface area contributed by atoms with E-state index in [1.54, 1.807) is 6.07 Å². The molecule has 2 aromatic rings. The molecule has 0 fully saturated rings. The molecule has 0 spiro atoms. The zero-order valence-corrected chi connectivity index (χ0v) is 11.7. The fourth-order valence-corrected chi connectivity index (χ4v) is 2.37. The highest BCUT2D eigenvalue weighted by Crippen LogP contribution is 2.30. The minimum absolute atomic E-state index is 0.111. The SMILES string of the molecule is CCC(Nc1c(F)cccc1Br)c1ccccc1. The van der Waals surface area contributed by atoms with Crippen molar-refractivity contribution >= 4 is 21.6 Å². The normalized spacial score (nSPS) is 12.2. The van der Waals surface area contributed by atoms with Gasteiger partial charge in [-0.1, -0.05) is 43.3 Å². The molecule has 1 N–H and O–H groups in total. The van der Waals surface area contributed by atoms with E-state index >= 15 is 0 Å². The smallest absolute Gasteiger partial charge is 0.147 e. The lowest BCUT2D eigenvalue weighted by molar-refractivity contribution is 0.623. The van der Waals surface area contributed by atoms with Crippen molar-refractivity contribution in [2.75, 3.05) is 5.32 Å². The topological polar surface area (TPSA) is 12.0 Å². The van der Waals surface area contributed by atoms with Crippen LogP contribution in [0.1, 0.15) is 24.9 Å². The molecule has 94 valence electrons. The summed E-state index contributed by atoms with van der Waals surface area (Å²) in [5.41, 5.74) is 1.68. The maximum atomic E-state index is 13.8. The summed E-state index contributed by atoms with van der Waals surface area (Å²) in [6.45, 7) is 2.08. The molecular formula is C15H15BrFN. The van der Waals surface area contributed by atoms with Crippen molar-refractivity contribution in [1.82, 2.24) is 0 Å². The van der Waals surface area contributed by atoms with Gasteiger partial charge >= 0.3 is 0 Å². The van der Waals surface area contributed by atoms with Gasteiger partial charge in [0.2, 0.25) is 0 Å². The van der Waals surface area contributed by atoms with Gasteiger partial charge in [0.05, 0.1) is 11.7 Å². The van der Waals surface area contributed by atoms with Crippen LogP contribution in [0, 0.1) is 5.82 Å². The Bertz CT molecular complexity index is 493. The fourth-order valence-electron chi connectivity index (χ4n) is 1.92. The summed E-state index contributed by atoms with van der Waals surface area (Å²) in [7, 11) is 0. The molecule has 0 saturated carbocycles. The number of benzene rings is 2. The number of nitrogens with one attached hydrogen (secondary N) is 1. The maximum Gasteiger partial charge on any atom is 0.147 e. The molecule has 0 aliphatic heterocycles. The van der Waals surface area contributed by atoms with Crippen LogP contribution >= 0.6 is 15.9 Å². The van der Waals surface area contributed by atoms with E-state index < -0.39 is 0 Å². The van der Waals surface area contributed by atoms with Crippen molar-refractivity contribution in [1.29, 1.82) is 0 Å². The quantitative estimate of drug-likeness (QED) is 0.823. The van der Waals surface area contributed by atoms with Crippen LogP contribution in [-0.2, 0) is 0 Å². The summed E-state index contributed by atoms with van der Waals surface area (Å²) in [6.07, 6.45) is 0.894. The molecule has 1 atom stereocenters. The van der Waals surface area contributed by atoms with E-state index in [1.165, 1.54) is 6.07 Å². The van der Waals surface area contributed by atoms with Crippen molar-refractivity contribution in [3.63, 3.8) is 0 Å². The first-order valence-electron chi connectivity index (χ1n) is 5.98. The van der Waals surface area contributed by atoms with Gasteiger partial charge in [-0.15, -0.1) is 0 Å². The molecule has 0 radical (unpaired) electrons. The van der Waals surface area contributed by atoms with Crippen LogP contribution < -0.4 is 5.32 Å². The summed E-state index contributed by atoms with van der Waals surface area (Å²) in [4.78, 5) is 0. The van der Waals surface area contributed by atoms with Crippen molar-refractivity contribution < 1.29 is 4.39 Å². The van der Waals surface area contributed by atoms with Crippen LogP contribution in [0.25, 0.3) is 0 Å². The van der Waals surface area contributed by atoms with Crippen LogP contribution in [0.4, 0.5) is 10.1 Å². The predicted molar refractivity (Wildman–Crippen MR) is 77.2 cm³/mol. The Balaban J connectivity index is 2.26. The molecule has 1 unspecified atom stereocenters. The second-order valence-electron chi connectivity index (χ2n) is 4.11. The lowest BCUT2D eigenvalue weighted by Gasteiger charge is -2.20. The molecule has 0 heterocycles. The van der Waals surface area contributed by atoms with E-state index in [0.717, 1.165) is 16.5 Å². The van der Waals surface area contributed by atoms with Gasteiger partial charge in [-0.3, -0.25) is 0 Å². The zero-order valence-electron chi connectivity index (χ0n) is 10.2. The van der Waals surface area contributed by atoms with Crippen LogP contribution in [0.2, 0.25) is 0 Å². The fraction of sp³-hybridized carbons (Fsp3) is 0.200. The highest BCUT2D eigenvalue weighted by atomic mass is 79.9. The first-order chi connectivity index (χ1) is 8.72. The summed E-state index contributed by atoms with van der Waals surface area (Å²) in [5.74, 6) is -0.237. The standard InChI is InChI=1S/C15H15BrFN/c1-2-14(11-7-4-3-5-8-11)18-15-12(16)9-6-10-13(15)17/h3-10,14,18H,2H2,1H3. The first kappa shape index (κ1) is 13.1. The predicted octanol–water partition coefficient (Wildman–Crippen LogP) is 5.15. The molecule has 0 amide bonds. The molecule has 2 rings (SSSR count). The second kappa shape index (κ2) is 6.01. The number of hydrogen-bond acceptors (Lipinski definition) is 1. The van der Waals surface area contributed by atoms with Crippen molar-refractivity contribution in [2.45, 2.75) is 19.4 Å². The van der Waals surface area contributed by atoms with E-state index in [1.807, 2.05) is 24.3 Å². The van der Waals surface area contributed by atoms with Crippen molar-refractivity contribution in [3.8, 4) is 0 Å². The Kier molecular flexibility index (Phi) is 4.37. The molecule has 18 heavy (non-hydrogen) atoms.